The molecule has 0 saturated carbocycles. The van der Waals surface area contributed by atoms with Gasteiger partial charge >= 0.3 is 0 Å². The first kappa shape index (κ1) is 14.0. The largest absolute Gasteiger partial charge is 0.454 e. The van der Waals surface area contributed by atoms with Crippen LogP contribution in [0.1, 0.15) is 25.1 Å². The van der Waals surface area contributed by atoms with Gasteiger partial charge in [-0.15, -0.1) is 0 Å². The Bertz CT molecular complexity index is 560. The third-order valence-electron chi connectivity index (χ3n) is 2.70. The lowest BCUT2D eigenvalue weighted by Gasteiger charge is -2.10. The number of aromatic nitrogens is 1. The molecule has 0 aliphatic carbocycles. The van der Waals surface area contributed by atoms with Crippen molar-refractivity contribution in [3.05, 3.63) is 52.5 Å². The first-order valence-electron chi connectivity index (χ1n) is 5.94. The minimum Gasteiger partial charge on any atom is -0.454 e. The zero-order chi connectivity index (χ0) is 13.8. The van der Waals surface area contributed by atoms with Gasteiger partial charge in [-0.3, -0.25) is 4.98 Å². The number of nitrogens with two attached hydrogens (primary N) is 1. The van der Waals surface area contributed by atoms with Gasteiger partial charge in [0.15, 0.2) is 0 Å². The molecule has 0 unspecified atom stereocenters. The monoisotopic (exact) mass is 324 g/mol. The number of benzene rings is 1. The molecule has 0 fully saturated rings. The summed E-state index contributed by atoms with van der Waals surface area (Å²) >= 11 is 3.30. The molecule has 0 aliphatic rings. The lowest BCUT2D eigenvalue weighted by atomic mass is 10.1. The van der Waals surface area contributed by atoms with Crippen molar-refractivity contribution in [1.82, 2.24) is 4.98 Å². The Labute approximate surface area is 119 Å². The van der Waals surface area contributed by atoms with Crippen molar-refractivity contribution in [2.24, 2.45) is 5.73 Å². The molecule has 100 valence electrons. The van der Waals surface area contributed by atoms with Gasteiger partial charge < -0.3 is 10.5 Å². The lowest BCUT2D eigenvalue weighted by Crippen LogP contribution is -2.10. The summed E-state index contributed by atoms with van der Waals surface area (Å²) in [5.41, 5.74) is 6.69. The predicted octanol–water partition coefficient (Wildman–Crippen LogP) is 4.19. The summed E-state index contributed by atoms with van der Waals surface area (Å²) in [7, 11) is 0. The summed E-state index contributed by atoms with van der Waals surface area (Å²) in [5.74, 6) is 0.600. The normalized spacial score (nSPS) is 12.2. The Morgan fingerprint density at radius 2 is 2.16 bits per heavy atom. The number of ether oxygens (including phenoxy) is 1. The topological polar surface area (TPSA) is 48.1 Å². The highest BCUT2D eigenvalue weighted by Crippen LogP contribution is 2.30. The summed E-state index contributed by atoms with van der Waals surface area (Å²) < 4.78 is 19.4. The molecule has 2 rings (SSSR count). The highest BCUT2D eigenvalue weighted by molar-refractivity contribution is 9.10. The SMILES string of the molecule is CC[C@@H](N)c1ccc(Oc2cc(F)ccc2Br)cn1. The molecule has 0 amide bonds. The van der Waals surface area contributed by atoms with Crippen molar-refractivity contribution < 1.29 is 9.13 Å². The van der Waals surface area contributed by atoms with E-state index in [4.69, 9.17) is 10.5 Å². The second kappa shape index (κ2) is 6.12. The molecule has 0 radical (unpaired) electrons. The standard InChI is InChI=1S/C14H14BrFN2O/c1-2-12(17)13-6-4-10(8-18-13)19-14-7-9(16)3-5-11(14)15/h3-8,12H,2,17H2,1H3/t12-/m1/s1. The van der Waals surface area contributed by atoms with Gasteiger partial charge in [-0.1, -0.05) is 6.92 Å². The Morgan fingerprint density at radius 3 is 2.79 bits per heavy atom. The molecule has 0 aliphatic heterocycles. The maximum atomic E-state index is 13.1. The molecule has 3 nitrogen and oxygen atoms in total. The van der Waals surface area contributed by atoms with Gasteiger partial charge in [0.1, 0.15) is 17.3 Å². The average Bonchev–Trinajstić information content (AvgIpc) is 2.43. The summed E-state index contributed by atoms with van der Waals surface area (Å²) in [6.07, 6.45) is 2.41. The summed E-state index contributed by atoms with van der Waals surface area (Å²) in [6.45, 7) is 2.00. The third-order valence-corrected chi connectivity index (χ3v) is 3.36. The van der Waals surface area contributed by atoms with Crippen LogP contribution in [0.5, 0.6) is 11.5 Å². The van der Waals surface area contributed by atoms with Crippen LogP contribution in [0.2, 0.25) is 0 Å². The number of pyridine rings is 1. The van der Waals surface area contributed by atoms with E-state index >= 15 is 0 Å². The highest BCUT2D eigenvalue weighted by Gasteiger charge is 2.07. The van der Waals surface area contributed by atoms with Crippen LogP contribution in [0.15, 0.2) is 41.0 Å². The van der Waals surface area contributed by atoms with E-state index in [0.717, 1.165) is 12.1 Å². The van der Waals surface area contributed by atoms with Crippen molar-refractivity contribution in [3.63, 3.8) is 0 Å². The van der Waals surface area contributed by atoms with Gasteiger partial charge in [0.2, 0.25) is 0 Å². The van der Waals surface area contributed by atoms with Crippen LogP contribution in [0.4, 0.5) is 4.39 Å². The zero-order valence-corrected chi connectivity index (χ0v) is 12.0. The molecule has 1 aromatic heterocycles. The average molecular weight is 325 g/mol. The van der Waals surface area contributed by atoms with E-state index in [-0.39, 0.29) is 11.9 Å². The highest BCUT2D eigenvalue weighted by atomic mass is 79.9. The van der Waals surface area contributed by atoms with Gasteiger partial charge in [-0.25, -0.2) is 4.39 Å². The minimum atomic E-state index is -0.351. The third kappa shape index (κ3) is 3.52. The Morgan fingerprint density at radius 1 is 1.37 bits per heavy atom. The van der Waals surface area contributed by atoms with Crippen LogP contribution in [-0.2, 0) is 0 Å². The van der Waals surface area contributed by atoms with Crippen molar-refractivity contribution in [2.75, 3.05) is 0 Å². The quantitative estimate of drug-likeness (QED) is 0.917. The molecule has 0 saturated heterocycles. The molecule has 1 heterocycles. The van der Waals surface area contributed by atoms with Crippen LogP contribution in [-0.4, -0.2) is 4.98 Å². The van der Waals surface area contributed by atoms with E-state index in [1.54, 1.807) is 18.3 Å². The summed E-state index contributed by atoms with van der Waals surface area (Å²) in [4.78, 5) is 4.24. The Hall–Kier alpha value is -1.46. The summed E-state index contributed by atoms with van der Waals surface area (Å²) in [5, 5.41) is 0. The van der Waals surface area contributed by atoms with Gasteiger partial charge in [-0.05, 0) is 46.6 Å². The Balaban J connectivity index is 2.17. The molecular formula is C14H14BrFN2O. The molecule has 1 aromatic carbocycles. The van der Waals surface area contributed by atoms with Crippen LogP contribution in [0.25, 0.3) is 0 Å². The fraction of sp³-hybridized carbons (Fsp3) is 0.214. The number of nitrogens with zero attached hydrogens (tertiary/aromatic N) is 1. The van der Waals surface area contributed by atoms with Gasteiger partial charge in [-0.2, -0.15) is 0 Å². The van der Waals surface area contributed by atoms with Gasteiger partial charge in [0.25, 0.3) is 0 Å². The van der Waals surface area contributed by atoms with Gasteiger partial charge in [0, 0.05) is 12.1 Å². The second-order valence-corrected chi connectivity index (χ2v) is 4.96. The Kier molecular flexibility index (Phi) is 4.50. The summed E-state index contributed by atoms with van der Waals surface area (Å²) in [6, 6.07) is 7.79. The number of rotatable bonds is 4. The van der Waals surface area contributed by atoms with E-state index in [2.05, 4.69) is 20.9 Å². The minimum absolute atomic E-state index is 0.0741. The fourth-order valence-electron chi connectivity index (χ4n) is 1.56. The van der Waals surface area contributed by atoms with E-state index in [1.165, 1.54) is 12.1 Å². The molecule has 5 heteroatoms. The molecule has 2 N–H and O–H groups in total. The van der Waals surface area contributed by atoms with E-state index in [0.29, 0.717) is 16.0 Å². The first-order chi connectivity index (χ1) is 9.10. The van der Waals surface area contributed by atoms with Crippen molar-refractivity contribution >= 4 is 15.9 Å². The first-order valence-corrected chi connectivity index (χ1v) is 6.74. The molecule has 0 bridgehead atoms. The smallest absolute Gasteiger partial charge is 0.145 e. The molecule has 1 atom stereocenters. The number of hydrogen-bond acceptors (Lipinski definition) is 3. The van der Waals surface area contributed by atoms with Crippen molar-refractivity contribution in [2.45, 2.75) is 19.4 Å². The maximum Gasteiger partial charge on any atom is 0.145 e. The van der Waals surface area contributed by atoms with Crippen molar-refractivity contribution in [1.29, 1.82) is 0 Å². The van der Waals surface area contributed by atoms with E-state index in [1.807, 2.05) is 13.0 Å². The van der Waals surface area contributed by atoms with Crippen LogP contribution < -0.4 is 10.5 Å². The zero-order valence-electron chi connectivity index (χ0n) is 10.4. The van der Waals surface area contributed by atoms with Crippen molar-refractivity contribution in [3.8, 4) is 11.5 Å². The van der Waals surface area contributed by atoms with Crippen LogP contribution >= 0.6 is 15.9 Å². The molecular weight excluding hydrogens is 311 g/mol. The lowest BCUT2D eigenvalue weighted by molar-refractivity contribution is 0.470. The van der Waals surface area contributed by atoms with Crippen LogP contribution in [0, 0.1) is 5.82 Å². The predicted molar refractivity (Wildman–Crippen MR) is 75.6 cm³/mol. The second-order valence-electron chi connectivity index (χ2n) is 4.11. The fourth-order valence-corrected chi connectivity index (χ4v) is 1.89. The maximum absolute atomic E-state index is 13.1. The van der Waals surface area contributed by atoms with E-state index in [9.17, 15) is 4.39 Å². The van der Waals surface area contributed by atoms with E-state index < -0.39 is 0 Å². The molecule has 2 aromatic rings. The number of hydrogen-bond donors (Lipinski definition) is 1. The number of halogens is 2. The van der Waals surface area contributed by atoms with Crippen LogP contribution in [0.3, 0.4) is 0 Å². The van der Waals surface area contributed by atoms with Gasteiger partial charge in [0.05, 0.1) is 16.4 Å². The molecule has 19 heavy (non-hydrogen) atoms. The molecule has 0 spiro atoms.